The first-order valence-electron chi connectivity index (χ1n) is 5.94. The van der Waals surface area contributed by atoms with Crippen molar-refractivity contribution in [3.8, 4) is 0 Å². The van der Waals surface area contributed by atoms with Gasteiger partial charge in [-0.25, -0.2) is 0 Å². The first kappa shape index (κ1) is 15.3. The van der Waals surface area contributed by atoms with Crippen molar-refractivity contribution in [2.45, 2.75) is 20.3 Å². The molecular weight excluding hydrogens is 271 g/mol. The molecule has 0 aliphatic heterocycles. The van der Waals surface area contributed by atoms with Crippen LogP contribution in [-0.4, -0.2) is 19.0 Å². The van der Waals surface area contributed by atoms with Crippen LogP contribution >= 0.6 is 23.2 Å². The first-order chi connectivity index (χ1) is 8.49. The van der Waals surface area contributed by atoms with Crippen molar-refractivity contribution in [3.63, 3.8) is 0 Å². The Morgan fingerprint density at radius 3 is 2.72 bits per heavy atom. The highest BCUT2D eigenvalue weighted by Crippen LogP contribution is 2.25. The highest BCUT2D eigenvalue weighted by molar-refractivity contribution is 6.35. The normalized spacial score (nSPS) is 10.7. The molecule has 0 saturated carbocycles. The quantitative estimate of drug-likeness (QED) is 0.786. The molecule has 0 aliphatic carbocycles. The predicted octanol–water partition coefficient (Wildman–Crippen LogP) is 3.57. The molecule has 1 amide bonds. The number of carbonyl (C=O) groups is 1. The van der Waals surface area contributed by atoms with Crippen LogP contribution in [0.5, 0.6) is 0 Å². The van der Waals surface area contributed by atoms with E-state index in [9.17, 15) is 4.79 Å². The van der Waals surface area contributed by atoms with Crippen molar-refractivity contribution < 1.29 is 4.79 Å². The van der Waals surface area contributed by atoms with E-state index in [-0.39, 0.29) is 5.91 Å². The Balaban J connectivity index is 2.38. The number of hydrogen-bond acceptors (Lipinski definition) is 2. The van der Waals surface area contributed by atoms with Gasteiger partial charge < -0.3 is 10.6 Å². The van der Waals surface area contributed by atoms with Gasteiger partial charge in [0.05, 0.1) is 10.7 Å². The molecule has 100 valence electrons. The van der Waals surface area contributed by atoms with Crippen molar-refractivity contribution in [3.05, 3.63) is 28.2 Å². The minimum absolute atomic E-state index is 0.0737. The first-order valence-corrected chi connectivity index (χ1v) is 6.70. The van der Waals surface area contributed by atoms with Gasteiger partial charge >= 0.3 is 0 Å². The van der Waals surface area contributed by atoms with Crippen LogP contribution in [0.1, 0.15) is 20.3 Å². The van der Waals surface area contributed by atoms with E-state index in [0.717, 1.165) is 6.54 Å². The van der Waals surface area contributed by atoms with Crippen molar-refractivity contribution in [2.24, 2.45) is 5.92 Å². The predicted molar refractivity (Wildman–Crippen MR) is 77.4 cm³/mol. The van der Waals surface area contributed by atoms with Crippen LogP contribution in [0.2, 0.25) is 10.0 Å². The fourth-order valence-electron chi connectivity index (χ4n) is 1.40. The molecule has 1 aromatic carbocycles. The van der Waals surface area contributed by atoms with Gasteiger partial charge in [-0.1, -0.05) is 37.0 Å². The zero-order chi connectivity index (χ0) is 13.5. The molecule has 0 fully saturated rings. The maximum absolute atomic E-state index is 11.7. The fourth-order valence-corrected chi connectivity index (χ4v) is 1.74. The lowest BCUT2D eigenvalue weighted by atomic mass is 10.2. The molecule has 0 atom stereocenters. The second-order valence-electron chi connectivity index (χ2n) is 4.52. The second-order valence-corrected chi connectivity index (χ2v) is 5.36. The highest BCUT2D eigenvalue weighted by Gasteiger charge is 2.06. The van der Waals surface area contributed by atoms with Gasteiger partial charge in [0.1, 0.15) is 0 Å². The van der Waals surface area contributed by atoms with Crippen LogP contribution in [0.25, 0.3) is 0 Å². The third-order valence-corrected chi connectivity index (χ3v) is 2.85. The van der Waals surface area contributed by atoms with Crippen LogP contribution in [-0.2, 0) is 4.79 Å². The number of hydrogen-bond donors (Lipinski definition) is 2. The molecule has 0 aliphatic rings. The number of carbonyl (C=O) groups excluding carboxylic acids is 1. The third kappa shape index (κ3) is 5.71. The lowest BCUT2D eigenvalue weighted by Gasteiger charge is -2.09. The molecule has 18 heavy (non-hydrogen) atoms. The van der Waals surface area contributed by atoms with Gasteiger partial charge in [-0.3, -0.25) is 4.79 Å². The van der Waals surface area contributed by atoms with E-state index >= 15 is 0 Å². The maximum Gasteiger partial charge on any atom is 0.225 e. The molecule has 2 N–H and O–H groups in total. The van der Waals surface area contributed by atoms with Gasteiger partial charge in [0.15, 0.2) is 0 Å². The maximum atomic E-state index is 11.7. The van der Waals surface area contributed by atoms with Crippen LogP contribution in [0, 0.1) is 5.92 Å². The summed E-state index contributed by atoms with van der Waals surface area (Å²) >= 11 is 11.8. The summed E-state index contributed by atoms with van der Waals surface area (Å²) in [5.74, 6) is 0.505. The van der Waals surface area contributed by atoms with E-state index in [1.54, 1.807) is 18.2 Å². The smallest absolute Gasteiger partial charge is 0.225 e. The van der Waals surface area contributed by atoms with Gasteiger partial charge in [0.2, 0.25) is 5.91 Å². The van der Waals surface area contributed by atoms with E-state index in [4.69, 9.17) is 23.2 Å². The van der Waals surface area contributed by atoms with Gasteiger partial charge in [-0.05, 0) is 30.7 Å². The van der Waals surface area contributed by atoms with E-state index in [2.05, 4.69) is 24.5 Å². The summed E-state index contributed by atoms with van der Waals surface area (Å²) in [6, 6.07) is 4.99. The Bertz CT molecular complexity index is 408. The molecule has 0 spiro atoms. The second kappa shape index (κ2) is 7.62. The largest absolute Gasteiger partial charge is 0.325 e. The van der Waals surface area contributed by atoms with Crippen LogP contribution < -0.4 is 10.6 Å². The summed E-state index contributed by atoms with van der Waals surface area (Å²) < 4.78 is 0. The molecular formula is C13H18Cl2N2O. The summed E-state index contributed by atoms with van der Waals surface area (Å²) in [7, 11) is 0. The number of nitrogens with one attached hydrogen (secondary N) is 2. The molecule has 3 nitrogen and oxygen atoms in total. The van der Waals surface area contributed by atoms with Crippen molar-refractivity contribution in [1.82, 2.24) is 5.32 Å². The molecule has 0 saturated heterocycles. The molecule has 0 radical (unpaired) electrons. The van der Waals surface area contributed by atoms with Gasteiger partial charge in [-0.15, -0.1) is 0 Å². The molecule has 0 bridgehead atoms. The highest BCUT2D eigenvalue weighted by atomic mass is 35.5. The zero-order valence-corrected chi connectivity index (χ0v) is 12.1. The van der Waals surface area contributed by atoms with Gasteiger partial charge in [-0.2, -0.15) is 0 Å². The Kier molecular flexibility index (Phi) is 6.47. The van der Waals surface area contributed by atoms with Crippen molar-refractivity contribution in [1.29, 1.82) is 0 Å². The number of benzene rings is 1. The van der Waals surface area contributed by atoms with E-state index in [1.807, 2.05) is 0 Å². The zero-order valence-electron chi connectivity index (χ0n) is 10.6. The molecule has 0 aromatic heterocycles. The average Bonchev–Trinajstić information content (AvgIpc) is 2.29. The van der Waals surface area contributed by atoms with Crippen LogP contribution in [0.15, 0.2) is 18.2 Å². The van der Waals surface area contributed by atoms with E-state index in [1.165, 1.54) is 0 Å². The van der Waals surface area contributed by atoms with Gasteiger partial charge in [0, 0.05) is 18.0 Å². The SMILES string of the molecule is CC(C)CNCCC(=O)Nc1cc(Cl)ccc1Cl. The lowest BCUT2D eigenvalue weighted by molar-refractivity contribution is -0.116. The summed E-state index contributed by atoms with van der Waals surface area (Å²) in [5.41, 5.74) is 0.554. The van der Waals surface area contributed by atoms with Crippen molar-refractivity contribution in [2.75, 3.05) is 18.4 Å². The molecule has 0 unspecified atom stereocenters. The standard InChI is InChI=1S/C13H18Cl2N2O/c1-9(2)8-16-6-5-13(18)17-12-7-10(14)3-4-11(12)15/h3-4,7,9,16H,5-6,8H2,1-2H3,(H,17,18). The average molecular weight is 289 g/mol. The third-order valence-electron chi connectivity index (χ3n) is 2.28. The van der Waals surface area contributed by atoms with E-state index in [0.29, 0.717) is 34.6 Å². The summed E-state index contributed by atoms with van der Waals surface area (Å²) in [4.78, 5) is 11.7. The Morgan fingerprint density at radius 1 is 1.33 bits per heavy atom. The molecule has 5 heteroatoms. The summed E-state index contributed by atoms with van der Waals surface area (Å²) in [5, 5.41) is 6.99. The van der Waals surface area contributed by atoms with Gasteiger partial charge in [0.25, 0.3) is 0 Å². The van der Waals surface area contributed by atoms with E-state index < -0.39 is 0 Å². The minimum atomic E-state index is -0.0737. The van der Waals surface area contributed by atoms with Crippen LogP contribution in [0.4, 0.5) is 5.69 Å². The number of anilines is 1. The Labute approximate surface area is 118 Å². The molecule has 0 heterocycles. The minimum Gasteiger partial charge on any atom is -0.325 e. The monoisotopic (exact) mass is 288 g/mol. The fraction of sp³-hybridized carbons (Fsp3) is 0.462. The lowest BCUT2D eigenvalue weighted by Crippen LogP contribution is -2.25. The molecule has 1 rings (SSSR count). The number of rotatable bonds is 6. The number of amides is 1. The molecule has 1 aromatic rings. The summed E-state index contributed by atoms with van der Waals surface area (Å²) in [6.45, 7) is 5.81. The van der Waals surface area contributed by atoms with Crippen molar-refractivity contribution >= 4 is 34.8 Å². The Hall–Kier alpha value is -0.770. The Morgan fingerprint density at radius 2 is 2.06 bits per heavy atom. The van der Waals surface area contributed by atoms with Crippen LogP contribution in [0.3, 0.4) is 0 Å². The topological polar surface area (TPSA) is 41.1 Å². The summed E-state index contributed by atoms with van der Waals surface area (Å²) in [6.07, 6.45) is 0.412. The number of halogens is 2.